The van der Waals surface area contributed by atoms with E-state index in [0.717, 1.165) is 0 Å². The molecule has 1 aromatic carbocycles. The zero-order valence-electron chi connectivity index (χ0n) is 12.6. The van der Waals surface area contributed by atoms with Crippen molar-refractivity contribution in [3.8, 4) is 0 Å². The van der Waals surface area contributed by atoms with E-state index in [1.54, 1.807) is 14.2 Å². The standard InChI is InChI=1S/C15H26N2O2/c1-12-8-6-7-9-13(12)17(3)15(2,11-16)10-14(18-4)19-5/h6-9,14H,10-11,16H2,1-5H3. The van der Waals surface area contributed by atoms with Gasteiger partial charge in [0.1, 0.15) is 0 Å². The van der Waals surface area contributed by atoms with Gasteiger partial charge in [-0.2, -0.15) is 0 Å². The zero-order valence-corrected chi connectivity index (χ0v) is 12.6. The number of aryl methyl sites for hydroxylation is 1. The number of benzene rings is 1. The molecule has 19 heavy (non-hydrogen) atoms. The number of hydrogen-bond donors (Lipinski definition) is 1. The van der Waals surface area contributed by atoms with E-state index in [1.165, 1.54) is 11.3 Å². The lowest BCUT2D eigenvalue weighted by atomic mass is 9.94. The van der Waals surface area contributed by atoms with E-state index in [9.17, 15) is 0 Å². The van der Waals surface area contributed by atoms with Gasteiger partial charge < -0.3 is 20.1 Å². The molecule has 0 bridgehead atoms. The Hall–Kier alpha value is -1.10. The van der Waals surface area contributed by atoms with Crippen LogP contribution in [0.1, 0.15) is 18.9 Å². The number of rotatable bonds is 7. The third-order valence-electron chi connectivity index (χ3n) is 3.86. The van der Waals surface area contributed by atoms with Crippen LogP contribution < -0.4 is 10.6 Å². The molecule has 0 fully saturated rings. The molecule has 0 saturated carbocycles. The Balaban J connectivity index is 2.98. The Bertz CT molecular complexity index is 393. The molecule has 108 valence electrons. The van der Waals surface area contributed by atoms with Crippen molar-refractivity contribution in [3.63, 3.8) is 0 Å². The molecular weight excluding hydrogens is 240 g/mol. The number of methoxy groups -OCH3 is 2. The van der Waals surface area contributed by atoms with Crippen molar-refractivity contribution in [3.05, 3.63) is 29.8 Å². The summed E-state index contributed by atoms with van der Waals surface area (Å²) in [7, 11) is 5.37. The fourth-order valence-corrected chi connectivity index (χ4v) is 2.21. The van der Waals surface area contributed by atoms with E-state index < -0.39 is 0 Å². The van der Waals surface area contributed by atoms with Crippen LogP contribution in [-0.2, 0) is 9.47 Å². The molecule has 0 aromatic heterocycles. The van der Waals surface area contributed by atoms with Crippen LogP contribution in [0, 0.1) is 6.92 Å². The van der Waals surface area contributed by atoms with Crippen LogP contribution in [0.3, 0.4) is 0 Å². The molecule has 0 amide bonds. The normalized spacial score (nSPS) is 14.5. The minimum atomic E-state index is -0.250. The van der Waals surface area contributed by atoms with Gasteiger partial charge >= 0.3 is 0 Å². The number of likely N-dealkylation sites (N-methyl/N-ethyl adjacent to an activating group) is 1. The molecule has 0 spiro atoms. The van der Waals surface area contributed by atoms with E-state index >= 15 is 0 Å². The van der Waals surface area contributed by atoms with Crippen LogP contribution in [0.4, 0.5) is 5.69 Å². The maximum atomic E-state index is 6.00. The average Bonchev–Trinajstić information content (AvgIpc) is 2.44. The highest BCUT2D eigenvalue weighted by atomic mass is 16.7. The van der Waals surface area contributed by atoms with Crippen LogP contribution in [0.15, 0.2) is 24.3 Å². The first kappa shape index (κ1) is 16.0. The Kier molecular flexibility index (Phi) is 5.79. The van der Waals surface area contributed by atoms with Gasteiger partial charge in [-0.3, -0.25) is 0 Å². The van der Waals surface area contributed by atoms with Crippen LogP contribution in [0.2, 0.25) is 0 Å². The molecule has 1 unspecified atom stereocenters. The molecule has 0 aliphatic rings. The van der Waals surface area contributed by atoms with Gasteiger partial charge in [-0.25, -0.2) is 0 Å². The van der Waals surface area contributed by atoms with Crippen LogP contribution >= 0.6 is 0 Å². The molecule has 4 heteroatoms. The highest BCUT2D eigenvalue weighted by Crippen LogP contribution is 2.28. The summed E-state index contributed by atoms with van der Waals surface area (Å²) in [5.74, 6) is 0. The summed E-state index contributed by atoms with van der Waals surface area (Å²) in [6.45, 7) is 4.76. The lowest BCUT2D eigenvalue weighted by Gasteiger charge is -2.42. The van der Waals surface area contributed by atoms with E-state index in [-0.39, 0.29) is 11.8 Å². The molecule has 4 nitrogen and oxygen atoms in total. The highest BCUT2D eigenvalue weighted by molar-refractivity contribution is 5.54. The van der Waals surface area contributed by atoms with Crippen molar-refractivity contribution in [1.29, 1.82) is 0 Å². The molecule has 1 aromatic rings. The van der Waals surface area contributed by atoms with Gasteiger partial charge in [-0.15, -0.1) is 0 Å². The fraction of sp³-hybridized carbons (Fsp3) is 0.600. The Morgan fingerprint density at radius 1 is 1.26 bits per heavy atom. The number of anilines is 1. The van der Waals surface area contributed by atoms with Gasteiger partial charge in [-0.1, -0.05) is 18.2 Å². The minimum absolute atomic E-state index is 0.219. The first-order chi connectivity index (χ1) is 8.98. The molecule has 1 rings (SSSR count). The third-order valence-corrected chi connectivity index (χ3v) is 3.86. The predicted octanol–water partition coefficient (Wildman–Crippen LogP) is 2.16. The summed E-state index contributed by atoms with van der Waals surface area (Å²) in [6.07, 6.45) is 0.460. The van der Waals surface area contributed by atoms with Crippen molar-refractivity contribution >= 4 is 5.69 Å². The molecule has 0 aliphatic heterocycles. The number of ether oxygens (including phenoxy) is 2. The van der Waals surface area contributed by atoms with Gasteiger partial charge in [0.2, 0.25) is 0 Å². The first-order valence-corrected chi connectivity index (χ1v) is 6.53. The van der Waals surface area contributed by atoms with E-state index in [2.05, 4.69) is 37.9 Å². The molecule has 2 N–H and O–H groups in total. The molecule has 0 heterocycles. The van der Waals surface area contributed by atoms with Crippen molar-refractivity contribution in [2.75, 3.05) is 32.7 Å². The number of nitrogens with two attached hydrogens (primary N) is 1. The average molecular weight is 266 g/mol. The van der Waals surface area contributed by atoms with Gasteiger partial charge in [0.05, 0.1) is 5.54 Å². The summed E-state index contributed by atoms with van der Waals surface area (Å²) < 4.78 is 10.6. The fourth-order valence-electron chi connectivity index (χ4n) is 2.21. The number of nitrogens with zero attached hydrogens (tertiary/aromatic N) is 1. The predicted molar refractivity (Wildman–Crippen MR) is 79.5 cm³/mol. The van der Waals surface area contributed by atoms with Gasteiger partial charge in [0.25, 0.3) is 0 Å². The molecule has 0 aliphatic carbocycles. The number of para-hydroxylation sites is 1. The Morgan fingerprint density at radius 2 is 1.84 bits per heavy atom. The molecule has 0 radical (unpaired) electrons. The van der Waals surface area contributed by atoms with Gasteiger partial charge in [0.15, 0.2) is 6.29 Å². The third kappa shape index (κ3) is 3.69. The van der Waals surface area contributed by atoms with Crippen molar-refractivity contribution in [2.45, 2.75) is 32.1 Å². The lowest BCUT2D eigenvalue weighted by molar-refractivity contribution is -0.115. The lowest BCUT2D eigenvalue weighted by Crippen LogP contribution is -2.52. The maximum Gasteiger partial charge on any atom is 0.159 e. The van der Waals surface area contributed by atoms with Gasteiger partial charge in [-0.05, 0) is 25.5 Å². The van der Waals surface area contributed by atoms with Crippen LogP contribution in [0.5, 0.6) is 0 Å². The van der Waals surface area contributed by atoms with Crippen molar-refractivity contribution in [2.24, 2.45) is 5.73 Å². The van der Waals surface area contributed by atoms with E-state index in [1.807, 2.05) is 12.1 Å². The van der Waals surface area contributed by atoms with Gasteiger partial charge in [0, 0.05) is 39.9 Å². The Labute approximate surface area is 116 Å². The molecular formula is C15H26N2O2. The zero-order chi connectivity index (χ0) is 14.5. The van der Waals surface area contributed by atoms with Crippen LogP contribution in [0.25, 0.3) is 0 Å². The Morgan fingerprint density at radius 3 is 2.32 bits per heavy atom. The highest BCUT2D eigenvalue weighted by Gasteiger charge is 2.32. The summed E-state index contributed by atoms with van der Waals surface area (Å²) in [5, 5.41) is 0. The second-order valence-electron chi connectivity index (χ2n) is 5.15. The largest absolute Gasteiger partial charge is 0.368 e. The molecule has 1 atom stereocenters. The second kappa shape index (κ2) is 6.89. The van der Waals surface area contributed by atoms with Crippen LogP contribution in [-0.4, -0.2) is 39.6 Å². The summed E-state index contributed by atoms with van der Waals surface area (Å²) >= 11 is 0. The minimum Gasteiger partial charge on any atom is -0.368 e. The quantitative estimate of drug-likeness (QED) is 0.768. The topological polar surface area (TPSA) is 47.7 Å². The van der Waals surface area contributed by atoms with Crippen molar-refractivity contribution in [1.82, 2.24) is 0 Å². The second-order valence-corrected chi connectivity index (χ2v) is 5.15. The first-order valence-electron chi connectivity index (χ1n) is 6.53. The summed E-state index contributed by atoms with van der Waals surface area (Å²) in [4.78, 5) is 2.22. The summed E-state index contributed by atoms with van der Waals surface area (Å²) in [6, 6.07) is 8.30. The molecule has 0 saturated heterocycles. The van der Waals surface area contributed by atoms with E-state index in [0.29, 0.717) is 13.0 Å². The monoisotopic (exact) mass is 266 g/mol. The number of hydrogen-bond acceptors (Lipinski definition) is 4. The SMILES string of the molecule is COC(CC(C)(CN)N(C)c1ccccc1C)OC. The van der Waals surface area contributed by atoms with Crippen molar-refractivity contribution < 1.29 is 9.47 Å². The summed E-state index contributed by atoms with van der Waals surface area (Å²) in [5.41, 5.74) is 8.20. The smallest absolute Gasteiger partial charge is 0.159 e. The van der Waals surface area contributed by atoms with E-state index in [4.69, 9.17) is 15.2 Å². The maximum absolute atomic E-state index is 6.00.